The summed E-state index contributed by atoms with van der Waals surface area (Å²) in [5, 5.41) is 0. The van der Waals surface area contributed by atoms with E-state index in [1.54, 1.807) is 6.92 Å². The maximum atomic E-state index is 13.0. The van der Waals surface area contributed by atoms with Crippen LogP contribution in [0.5, 0.6) is 0 Å². The first-order chi connectivity index (χ1) is 5.66. The highest BCUT2D eigenvalue weighted by Gasteiger charge is 2.16. The van der Waals surface area contributed by atoms with Crippen LogP contribution < -0.4 is 0 Å². The number of aromatic amines is 1. The third-order valence-corrected chi connectivity index (χ3v) is 1.83. The van der Waals surface area contributed by atoms with Crippen LogP contribution in [0.2, 0.25) is 0 Å². The summed E-state index contributed by atoms with van der Waals surface area (Å²) in [4.78, 5) is 13.4. The summed E-state index contributed by atoms with van der Waals surface area (Å²) in [6.07, 6.45) is 1.35. The van der Waals surface area contributed by atoms with Crippen molar-refractivity contribution in [1.29, 1.82) is 0 Å². The van der Waals surface area contributed by atoms with Gasteiger partial charge in [-0.15, -0.1) is 0 Å². The monoisotopic (exact) mass is 235 g/mol. The molecule has 0 aliphatic carbocycles. The van der Waals surface area contributed by atoms with Crippen LogP contribution in [0.15, 0.2) is 10.7 Å². The van der Waals surface area contributed by atoms with E-state index in [1.165, 1.54) is 6.20 Å². The SMILES string of the molecule is CCOC(=O)c1[nH]cc(Br)c1F. The second-order valence-corrected chi connectivity index (χ2v) is 2.90. The van der Waals surface area contributed by atoms with Gasteiger partial charge >= 0.3 is 5.97 Å². The van der Waals surface area contributed by atoms with Crippen LogP contribution in [0, 0.1) is 5.82 Å². The Morgan fingerprint density at radius 3 is 2.92 bits per heavy atom. The van der Waals surface area contributed by atoms with Crippen molar-refractivity contribution in [1.82, 2.24) is 4.98 Å². The number of rotatable bonds is 2. The first kappa shape index (κ1) is 9.25. The maximum Gasteiger partial charge on any atom is 0.357 e. The largest absolute Gasteiger partial charge is 0.461 e. The predicted molar refractivity (Wildman–Crippen MR) is 44.4 cm³/mol. The van der Waals surface area contributed by atoms with Crippen molar-refractivity contribution in [2.24, 2.45) is 0 Å². The fourth-order valence-electron chi connectivity index (χ4n) is 0.733. The van der Waals surface area contributed by atoms with Crippen molar-refractivity contribution in [3.63, 3.8) is 0 Å². The van der Waals surface area contributed by atoms with E-state index >= 15 is 0 Å². The summed E-state index contributed by atoms with van der Waals surface area (Å²) >= 11 is 2.92. The minimum Gasteiger partial charge on any atom is -0.461 e. The van der Waals surface area contributed by atoms with E-state index in [-0.39, 0.29) is 16.8 Å². The molecule has 0 bridgehead atoms. The summed E-state index contributed by atoms with van der Waals surface area (Å²) in [6.45, 7) is 1.89. The molecule has 1 aromatic rings. The molecule has 0 aliphatic rings. The van der Waals surface area contributed by atoms with Gasteiger partial charge in [0, 0.05) is 6.20 Å². The molecule has 0 amide bonds. The molecule has 0 spiro atoms. The van der Waals surface area contributed by atoms with Gasteiger partial charge in [-0.25, -0.2) is 9.18 Å². The Hall–Kier alpha value is -0.840. The van der Waals surface area contributed by atoms with Crippen LogP contribution in [-0.2, 0) is 4.74 Å². The molecule has 12 heavy (non-hydrogen) atoms. The van der Waals surface area contributed by atoms with Gasteiger partial charge in [0.05, 0.1) is 11.1 Å². The number of aromatic nitrogens is 1. The number of hydrogen-bond donors (Lipinski definition) is 1. The van der Waals surface area contributed by atoms with E-state index in [2.05, 4.69) is 25.7 Å². The first-order valence-corrected chi connectivity index (χ1v) is 4.15. The van der Waals surface area contributed by atoms with E-state index in [0.717, 1.165) is 0 Å². The van der Waals surface area contributed by atoms with E-state index in [4.69, 9.17) is 0 Å². The summed E-state index contributed by atoms with van der Waals surface area (Å²) in [7, 11) is 0. The number of nitrogens with one attached hydrogen (secondary N) is 1. The fraction of sp³-hybridized carbons (Fsp3) is 0.286. The molecule has 0 atom stereocenters. The smallest absolute Gasteiger partial charge is 0.357 e. The lowest BCUT2D eigenvalue weighted by Gasteiger charge is -1.97. The van der Waals surface area contributed by atoms with E-state index < -0.39 is 11.8 Å². The van der Waals surface area contributed by atoms with Crippen LogP contribution in [0.4, 0.5) is 4.39 Å². The third-order valence-electron chi connectivity index (χ3n) is 1.25. The molecule has 0 aromatic carbocycles. The van der Waals surface area contributed by atoms with E-state index in [0.29, 0.717) is 0 Å². The van der Waals surface area contributed by atoms with Crippen molar-refractivity contribution in [2.45, 2.75) is 6.92 Å². The van der Waals surface area contributed by atoms with Gasteiger partial charge in [-0.1, -0.05) is 0 Å². The number of ether oxygens (including phenoxy) is 1. The van der Waals surface area contributed by atoms with Crippen molar-refractivity contribution < 1.29 is 13.9 Å². The Morgan fingerprint density at radius 2 is 2.50 bits per heavy atom. The Bertz CT molecular complexity index is 298. The summed E-state index contributed by atoms with van der Waals surface area (Å²) in [5.74, 6) is -1.30. The number of carbonyl (C=O) groups is 1. The Kier molecular flexibility index (Phi) is 2.86. The molecule has 0 saturated carbocycles. The van der Waals surface area contributed by atoms with Gasteiger partial charge in [-0.05, 0) is 22.9 Å². The topological polar surface area (TPSA) is 42.1 Å². The predicted octanol–water partition coefficient (Wildman–Crippen LogP) is 2.09. The minimum atomic E-state index is -0.680. The molecule has 1 aromatic heterocycles. The molecule has 0 unspecified atom stereocenters. The number of esters is 1. The number of hydrogen-bond acceptors (Lipinski definition) is 2. The molecule has 1 rings (SSSR count). The maximum absolute atomic E-state index is 13.0. The average Bonchev–Trinajstić information content (AvgIpc) is 2.34. The van der Waals surface area contributed by atoms with Crippen molar-refractivity contribution >= 4 is 21.9 Å². The molecule has 0 radical (unpaired) electrons. The van der Waals surface area contributed by atoms with Gasteiger partial charge in [-0.2, -0.15) is 0 Å². The van der Waals surface area contributed by atoms with Gasteiger partial charge in [0.1, 0.15) is 0 Å². The lowest BCUT2D eigenvalue weighted by Crippen LogP contribution is -2.06. The highest BCUT2D eigenvalue weighted by atomic mass is 79.9. The molecule has 66 valence electrons. The van der Waals surface area contributed by atoms with Crippen molar-refractivity contribution in [3.8, 4) is 0 Å². The van der Waals surface area contributed by atoms with Crippen LogP contribution in [0.25, 0.3) is 0 Å². The average molecular weight is 236 g/mol. The third kappa shape index (κ3) is 1.66. The van der Waals surface area contributed by atoms with E-state index in [9.17, 15) is 9.18 Å². The normalized spacial score (nSPS) is 9.92. The highest BCUT2D eigenvalue weighted by molar-refractivity contribution is 9.10. The van der Waals surface area contributed by atoms with Crippen LogP contribution in [-0.4, -0.2) is 17.6 Å². The Labute approximate surface area is 77.0 Å². The van der Waals surface area contributed by atoms with Gasteiger partial charge in [-0.3, -0.25) is 0 Å². The molecular formula is C7H7BrFNO2. The summed E-state index contributed by atoms with van der Waals surface area (Å²) in [6, 6.07) is 0. The molecule has 0 aliphatic heterocycles. The standard InChI is InChI=1S/C7H7BrFNO2/c1-2-12-7(11)6-5(9)4(8)3-10-6/h3,10H,2H2,1H3. The second-order valence-electron chi connectivity index (χ2n) is 2.05. The Morgan fingerprint density at radius 1 is 1.83 bits per heavy atom. The fourth-order valence-corrected chi connectivity index (χ4v) is 1.05. The number of H-pyrrole nitrogens is 1. The van der Waals surface area contributed by atoms with Gasteiger partial charge in [0.2, 0.25) is 0 Å². The van der Waals surface area contributed by atoms with E-state index in [1.807, 2.05) is 0 Å². The minimum absolute atomic E-state index is 0.149. The van der Waals surface area contributed by atoms with Gasteiger partial charge in [0.25, 0.3) is 0 Å². The molecule has 5 heteroatoms. The van der Waals surface area contributed by atoms with Crippen LogP contribution >= 0.6 is 15.9 Å². The highest BCUT2D eigenvalue weighted by Crippen LogP contribution is 2.18. The zero-order valence-corrected chi connectivity index (χ0v) is 7.94. The molecule has 3 nitrogen and oxygen atoms in total. The quantitative estimate of drug-likeness (QED) is 0.799. The van der Waals surface area contributed by atoms with Gasteiger partial charge in [0.15, 0.2) is 11.5 Å². The van der Waals surface area contributed by atoms with Gasteiger partial charge < -0.3 is 9.72 Å². The number of carbonyl (C=O) groups excluding carboxylic acids is 1. The number of halogens is 2. The van der Waals surface area contributed by atoms with Crippen LogP contribution in [0.1, 0.15) is 17.4 Å². The summed E-state index contributed by atoms with van der Waals surface area (Å²) < 4.78 is 17.8. The Balaban J connectivity index is 2.88. The first-order valence-electron chi connectivity index (χ1n) is 3.36. The lowest BCUT2D eigenvalue weighted by molar-refractivity contribution is 0.0515. The second kappa shape index (κ2) is 3.71. The van der Waals surface area contributed by atoms with Crippen molar-refractivity contribution in [2.75, 3.05) is 6.61 Å². The lowest BCUT2D eigenvalue weighted by atomic mass is 10.4. The molecule has 1 heterocycles. The zero-order valence-electron chi connectivity index (χ0n) is 6.36. The molecule has 0 fully saturated rings. The van der Waals surface area contributed by atoms with Crippen molar-refractivity contribution in [3.05, 3.63) is 22.2 Å². The molecule has 0 saturated heterocycles. The van der Waals surface area contributed by atoms with Crippen LogP contribution in [0.3, 0.4) is 0 Å². The summed E-state index contributed by atoms with van der Waals surface area (Å²) in [5.41, 5.74) is -0.149. The molecular weight excluding hydrogens is 229 g/mol. The zero-order chi connectivity index (χ0) is 9.14. The molecule has 1 N–H and O–H groups in total.